The number of sulfonamides is 1. The van der Waals surface area contributed by atoms with Crippen LogP contribution in [0.2, 0.25) is 0 Å². The van der Waals surface area contributed by atoms with Crippen LogP contribution in [-0.4, -0.2) is 26.6 Å². The van der Waals surface area contributed by atoms with Gasteiger partial charge in [0.25, 0.3) is 15.9 Å². The number of hydrogen-bond donors (Lipinski definition) is 1. The highest BCUT2D eigenvalue weighted by Crippen LogP contribution is 2.25. The zero-order valence-corrected chi connectivity index (χ0v) is 16.2. The summed E-state index contributed by atoms with van der Waals surface area (Å²) in [4.78, 5) is 12.4. The van der Waals surface area contributed by atoms with E-state index in [0.29, 0.717) is 11.4 Å². The Balaban J connectivity index is 2.46. The molecule has 2 aromatic carbocycles. The maximum absolute atomic E-state index is 13.1. The second-order valence-corrected chi connectivity index (χ2v) is 8.05. The summed E-state index contributed by atoms with van der Waals surface area (Å²) in [6.45, 7) is 6.96. The maximum atomic E-state index is 13.1. The molecule has 2 rings (SSSR count). The van der Waals surface area contributed by atoms with Crippen molar-refractivity contribution in [3.05, 3.63) is 59.7 Å². The average molecular weight is 373 g/mol. The molecular weight excluding hydrogens is 350 g/mol. The van der Waals surface area contributed by atoms with Crippen LogP contribution in [0.25, 0.3) is 0 Å². The van der Waals surface area contributed by atoms with E-state index >= 15 is 0 Å². The molecule has 0 unspecified atom stereocenters. The molecule has 0 aliphatic carbocycles. The van der Waals surface area contributed by atoms with Crippen LogP contribution < -0.4 is 9.73 Å². The Morgan fingerprint density at radius 3 is 2.27 bits per heavy atom. The number of hydrazone groups is 1. The standard InChI is InChI=1S/C19H23N3O3S/c1-14(2)20-21-19(23)13-22(17-11-10-15(3)16(4)12-17)26(24,25)18-8-6-5-7-9-18/h5-12H,13H2,1-4H3,(H,21,23). The zero-order valence-electron chi connectivity index (χ0n) is 15.4. The first-order chi connectivity index (χ1) is 12.2. The van der Waals surface area contributed by atoms with Gasteiger partial charge in [0.1, 0.15) is 6.54 Å². The van der Waals surface area contributed by atoms with Gasteiger partial charge in [0, 0.05) is 5.71 Å². The van der Waals surface area contributed by atoms with Gasteiger partial charge in [-0.15, -0.1) is 0 Å². The molecule has 0 spiro atoms. The number of hydrogen-bond acceptors (Lipinski definition) is 4. The summed E-state index contributed by atoms with van der Waals surface area (Å²) in [5.74, 6) is -0.510. The van der Waals surface area contributed by atoms with Crippen molar-refractivity contribution >= 4 is 27.3 Å². The second kappa shape index (κ2) is 8.14. The molecule has 0 heterocycles. The van der Waals surface area contributed by atoms with Crippen LogP contribution in [0.5, 0.6) is 0 Å². The molecule has 0 aromatic heterocycles. The highest BCUT2D eigenvalue weighted by molar-refractivity contribution is 7.92. The average Bonchev–Trinajstić information content (AvgIpc) is 2.61. The molecule has 26 heavy (non-hydrogen) atoms. The van der Waals surface area contributed by atoms with Crippen molar-refractivity contribution in [3.63, 3.8) is 0 Å². The predicted molar refractivity (Wildman–Crippen MR) is 104 cm³/mol. The van der Waals surface area contributed by atoms with E-state index in [0.717, 1.165) is 15.4 Å². The molecule has 0 saturated heterocycles. The minimum atomic E-state index is -3.89. The van der Waals surface area contributed by atoms with E-state index < -0.39 is 15.9 Å². The first-order valence-corrected chi connectivity index (χ1v) is 9.60. The molecule has 2 aromatic rings. The first-order valence-electron chi connectivity index (χ1n) is 8.16. The monoisotopic (exact) mass is 373 g/mol. The van der Waals surface area contributed by atoms with Gasteiger partial charge in [0.15, 0.2) is 0 Å². The molecule has 0 fully saturated rings. The summed E-state index contributed by atoms with van der Waals surface area (Å²) in [7, 11) is -3.89. The second-order valence-electron chi connectivity index (χ2n) is 6.19. The van der Waals surface area contributed by atoms with Crippen LogP contribution in [0.3, 0.4) is 0 Å². The minimum absolute atomic E-state index is 0.126. The summed E-state index contributed by atoms with van der Waals surface area (Å²) in [6.07, 6.45) is 0. The number of carbonyl (C=O) groups is 1. The van der Waals surface area contributed by atoms with Crippen LogP contribution in [0.1, 0.15) is 25.0 Å². The molecule has 7 heteroatoms. The maximum Gasteiger partial charge on any atom is 0.264 e. The Morgan fingerprint density at radius 2 is 1.69 bits per heavy atom. The van der Waals surface area contributed by atoms with Gasteiger partial charge in [-0.3, -0.25) is 9.10 Å². The number of nitrogens with one attached hydrogen (secondary N) is 1. The van der Waals surface area contributed by atoms with Crippen LogP contribution in [0, 0.1) is 13.8 Å². The van der Waals surface area contributed by atoms with Gasteiger partial charge in [-0.1, -0.05) is 24.3 Å². The third kappa shape index (κ3) is 4.70. The molecule has 0 saturated carbocycles. The normalized spacial score (nSPS) is 10.9. The molecule has 1 N–H and O–H groups in total. The lowest BCUT2D eigenvalue weighted by Gasteiger charge is -2.24. The molecule has 6 nitrogen and oxygen atoms in total. The fourth-order valence-corrected chi connectivity index (χ4v) is 3.69. The highest BCUT2D eigenvalue weighted by atomic mass is 32.2. The van der Waals surface area contributed by atoms with E-state index in [1.54, 1.807) is 44.2 Å². The van der Waals surface area contributed by atoms with Crippen molar-refractivity contribution in [1.82, 2.24) is 5.43 Å². The van der Waals surface area contributed by atoms with Crippen LogP contribution in [0.15, 0.2) is 58.5 Å². The van der Waals surface area contributed by atoms with Gasteiger partial charge < -0.3 is 0 Å². The van der Waals surface area contributed by atoms with Crippen molar-refractivity contribution in [1.29, 1.82) is 0 Å². The molecule has 138 valence electrons. The molecule has 0 radical (unpaired) electrons. The largest absolute Gasteiger partial charge is 0.271 e. The fourth-order valence-electron chi connectivity index (χ4n) is 2.26. The first kappa shape index (κ1) is 19.7. The smallest absolute Gasteiger partial charge is 0.264 e. The van der Waals surface area contributed by atoms with Gasteiger partial charge in [-0.25, -0.2) is 13.8 Å². The number of carbonyl (C=O) groups excluding carboxylic acids is 1. The van der Waals surface area contributed by atoms with Crippen LogP contribution in [0.4, 0.5) is 5.69 Å². The van der Waals surface area contributed by atoms with E-state index in [1.165, 1.54) is 12.1 Å². The van der Waals surface area contributed by atoms with E-state index in [9.17, 15) is 13.2 Å². The SMILES string of the molecule is CC(C)=NNC(=O)CN(c1ccc(C)c(C)c1)S(=O)(=O)c1ccccc1. The van der Waals surface area contributed by atoms with E-state index in [1.807, 2.05) is 19.9 Å². The Labute approximate surface area is 154 Å². The number of benzene rings is 2. The number of rotatable bonds is 6. The molecular formula is C19H23N3O3S. The summed E-state index contributed by atoms with van der Waals surface area (Å²) in [5, 5.41) is 3.85. The summed E-state index contributed by atoms with van der Waals surface area (Å²) in [5.41, 5.74) is 5.46. The van der Waals surface area contributed by atoms with E-state index in [4.69, 9.17) is 0 Å². The number of aryl methyl sites for hydroxylation is 2. The lowest BCUT2D eigenvalue weighted by Crippen LogP contribution is -2.39. The molecule has 0 atom stereocenters. The van der Waals surface area contributed by atoms with E-state index in [2.05, 4.69) is 10.5 Å². The zero-order chi connectivity index (χ0) is 19.3. The van der Waals surface area contributed by atoms with Crippen molar-refractivity contribution in [2.75, 3.05) is 10.8 Å². The molecule has 0 aliphatic rings. The number of anilines is 1. The van der Waals surface area contributed by atoms with Gasteiger partial charge >= 0.3 is 0 Å². The summed E-state index contributed by atoms with van der Waals surface area (Å²) >= 11 is 0. The molecule has 0 bridgehead atoms. The third-order valence-electron chi connectivity index (χ3n) is 3.80. The van der Waals surface area contributed by atoms with Gasteiger partial charge in [-0.05, 0) is 63.1 Å². The lowest BCUT2D eigenvalue weighted by atomic mass is 10.1. The minimum Gasteiger partial charge on any atom is -0.271 e. The Hall–Kier alpha value is -2.67. The molecule has 0 aliphatic heterocycles. The van der Waals surface area contributed by atoms with Crippen molar-refractivity contribution in [2.24, 2.45) is 5.10 Å². The molecule has 1 amide bonds. The van der Waals surface area contributed by atoms with Crippen molar-refractivity contribution < 1.29 is 13.2 Å². The Kier molecular flexibility index (Phi) is 6.15. The van der Waals surface area contributed by atoms with Crippen molar-refractivity contribution in [3.8, 4) is 0 Å². The topological polar surface area (TPSA) is 78.8 Å². The fraction of sp³-hybridized carbons (Fsp3) is 0.263. The Bertz CT molecular complexity index is 918. The van der Waals surface area contributed by atoms with Gasteiger partial charge in [0.05, 0.1) is 10.6 Å². The van der Waals surface area contributed by atoms with E-state index in [-0.39, 0.29) is 11.4 Å². The van der Waals surface area contributed by atoms with Crippen LogP contribution in [-0.2, 0) is 14.8 Å². The van der Waals surface area contributed by atoms with Crippen molar-refractivity contribution in [2.45, 2.75) is 32.6 Å². The van der Waals surface area contributed by atoms with Crippen LogP contribution >= 0.6 is 0 Å². The highest BCUT2D eigenvalue weighted by Gasteiger charge is 2.27. The van der Waals surface area contributed by atoms with Gasteiger partial charge in [-0.2, -0.15) is 5.10 Å². The number of amides is 1. The lowest BCUT2D eigenvalue weighted by molar-refractivity contribution is -0.119. The summed E-state index contributed by atoms with van der Waals surface area (Å²) in [6, 6.07) is 13.4. The van der Waals surface area contributed by atoms with Gasteiger partial charge in [0.2, 0.25) is 0 Å². The summed E-state index contributed by atoms with van der Waals surface area (Å²) < 4.78 is 27.3. The number of nitrogens with zero attached hydrogens (tertiary/aromatic N) is 2. The Morgan fingerprint density at radius 1 is 1.04 bits per heavy atom. The predicted octanol–water partition coefficient (Wildman–Crippen LogP) is 3.01. The quantitative estimate of drug-likeness (QED) is 0.624. The third-order valence-corrected chi connectivity index (χ3v) is 5.59.